The summed E-state index contributed by atoms with van der Waals surface area (Å²) in [5, 5.41) is 0.555. The van der Waals surface area contributed by atoms with Crippen molar-refractivity contribution in [2.24, 2.45) is 0 Å². The van der Waals surface area contributed by atoms with Gasteiger partial charge >= 0.3 is 0 Å². The number of alkyl halides is 1. The fourth-order valence-corrected chi connectivity index (χ4v) is 1.63. The summed E-state index contributed by atoms with van der Waals surface area (Å²) in [7, 11) is 1.75. The highest BCUT2D eigenvalue weighted by atomic mass is 35.5. The Labute approximate surface area is 106 Å². The fraction of sp³-hybridized carbons (Fsp3) is 0.417. The van der Waals surface area contributed by atoms with Crippen LogP contribution in [0.2, 0.25) is 5.02 Å². The summed E-state index contributed by atoms with van der Waals surface area (Å²) in [5.41, 5.74) is 0.536. The summed E-state index contributed by atoms with van der Waals surface area (Å²) in [6.07, 6.45) is 0.772. The van der Waals surface area contributed by atoms with E-state index >= 15 is 0 Å². The topological polar surface area (TPSA) is 20.3 Å². The van der Waals surface area contributed by atoms with Crippen molar-refractivity contribution in [1.82, 2.24) is 4.90 Å². The molecule has 0 saturated carbocycles. The van der Waals surface area contributed by atoms with E-state index in [1.54, 1.807) is 36.2 Å². The van der Waals surface area contributed by atoms with Gasteiger partial charge in [-0.05, 0) is 25.5 Å². The van der Waals surface area contributed by atoms with Gasteiger partial charge < -0.3 is 4.90 Å². The predicted molar refractivity (Wildman–Crippen MR) is 68.3 cm³/mol. The summed E-state index contributed by atoms with van der Waals surface area (Å²) in [6.45, 7) is 2.55. The minimum absolute atomic E-state index is 0.0667. The van der Waals surface area contributed by atoms with Crippen molar-refractivity contribution in [3.63, 3.8) is 0 Å². The number of carbonyl (C=O) groups excluding carboxylic acids is 1. The van der Waals surface area contributed by atoms with Gasteiger partial charge in [0.15, 0.2) is 0 Å². The molecular weight excluding hydrogens is 245 g/mol. The number of hydrogen-bond acceptors (Lipinski definition) is 1. The van der Waals surface area contributed by atoms with E-state index in [9.17, 15) is 4.79 Å². The molecule has 0 spiro atoms. The van der Waals surface area contributed by atoms with Crippen LogP contribution in [-0.4, -0.2) is 29.8 Å². The summed E-state index contributed by atoms with van der Waals surface area (Å²) in [5.74, 6) is -0.0667. The third-order valence-electron chi connectivity index (χ3n) is 2.31. The van der Waals surface area contributed by atoms with Gasteiger partial charge in [-0.1, -0.05) is 23.7 Å². The van der Waals surface area contributed by atoms with E-state index in [0.29, 0.717) is 17.1 Å². The second kappa shape index (κ2) is 6.12. The first kappa shape index (κ1) is 13.3. The van der Waals surface area contributed by atoms with Crippen molar-refractivity contribution in [3.05, 3.63) is 34.9 Å². The number of carbonyl (C=O) groups is 1. The van der Waals surface area contributed by atoms with Crippen molar-refractivity contribution >= 4 is 29.1 Å². The van der Waals surface area contributed by atoms with Gasteiger partial charge in [-0.2, -0.15) is 0 Å². The smallest absolute Gasteiger partial charge is 0.255 e. The summed E-state index contributed by atoms with van der Waals surface area (Å²) in [6, 6.07) is 7.05. The maximum atomic E-state index is 12.0. The Balaban J connectivity index is 2.67. The van der Waals surface area contributed by atoms with E-state index in [1.165, 1.54) is 0 Å². The van der Waals surface area contributed by atoms with Gasteiger partial charge in [0.1, 0.15) is 0 Å². The minimum atomic E-state index is -0.0667. The zero-order chi connectivity index (χ0) is 12.1. The van der Waals surface area contributed by atoms with Crippen LogP contribution in [-0.2, 0) is 0 Å². The predicted octanol–water partition coefficient (Wildman–Crippen LogP) is 3.43. The molecule has 4 heteroatoms. The second-order valence-corrected chi connectivity index (χ2v) is 4.93. The van der Waals surface area contributed by atoms with Crippen LogP contribution in [0, 0.1) is 0 Å². The maximum Gasteiger partial charge on any atom is 0.255 e. The van der Waals surface area contributed by atoms with Crippen molar-refractivity contribution in [2.45, 2.75) is 18.7 Å². The molecule has 0 aliphatic carbocycles. The number of amides is 1. The van der Waals surface area contributed by atoms with E-state index in [2.05, 4.69) is 0 Å². The van der Waals surface area contributed by atoms with Crippen LogP contribution in [0.25, 0.3) is 0 Å². The Bertz CT molecular complexity index is 366. The van der Waals surface area contributed by atoms with Crippen LogP contribution in [0.15, 0.2) is 24.3 Å². The van der Waals surface area contributed by atoms with Crippen molar-refractivity contribution in [1.29, 1.82) is 0 Å². The van der Waals surface area contributed by atoms with Crippen LogP contribution in [0.3, 0.4) is 0 Å². The third kappa shape index (κ3) is 3.69. The number of hydrogen-bond donors (Lipinski definition) is 0. The molecule has 0 N–H and O–H groups in total. The fourth-order valence-electron chi connectivity index (χ4n) is 1.31. The molecular formula is C12H15Cl2NO. The Morgan fingerprint density at radius 3 is 2.62 bits per heavy atom. The average molecular weight is 260 g/mol. The lowest BCUT2D eigenvalue weighted by atomic mass is 10.2. The van der Waals surface area contributed by atoms with Gasteiger partial charge in [0.2, 0.25) is 0 Å². The highest BCUT2D eigenvalue weighted by Crippen LogP contribution is 2.16. The molecule has 0 heterocycles. The molecule has 88 valence electrons. The van der Waals surface area contributed by atoms with Gasteiger partial charge in [-0.25, -0.2) is 0 Å². The van der Waals surface area contributed by atoms with E-state index in [-0.39, 0.29) is 11.3 Å². The standard InChI is InChI=1S/C12H15Cl2NO/c1-9(13)7-8-15(2)12(16)10-5-3-4-6-11(10)14/h3-6,9H,7-8H2,1-2H3. The first-order valence-electron chi connectivity index (χ1n) is 5.16. The van der Waals surface area contributed by atoms with E-state index in [0.717, 1.165) is 6.42 Å². The first-order chi connectivity index (χ1) is 7.52. The molecule has 16 heavy (non-hydrogen) atoms. The van der Waals surface area contributed by atoms with E-state index in [4.69, 9.17) is 23.2 Å². The maximum absolute atomic E-state index is 12.0. The summed E-state index contributed by atoms with van der Waals surface area (Å²) >= 11 is 11.8. The van der Waals surface area contributed by atoms with Crippen LogP contribution in [0.4, 0.5) is 0 Å². The van der Waals surface area contributed by atoms with Crippen molar-refractivity contribution < 1.29 is 4.79 Å². The van der Waals surface area contributed by atoms with Crippen LogP contribution in [0.5, 0.6) is 0 Å². The zero-order valence-corrected chi connectivity index (χ0v) is 10.9. The lowest BCUT2D eigenvalue weighted by Gasteiger charge is -2.18. The van der Waals surface area contributed by atoms with Gasteiger partial charge in [0.25, 0.3) is 5.91 Å². The third-order valence-corrected chi connectivity index (χ3v) is 2.86. The van der Waals surface area contributed by atoms with Crippen molar-refractivity contribution in [3.8, 4) is 0 Å². The number of rotatable bonds is 4. The Hall–Kier alpha value is -0.730. The number of halogens is 2. The monoisotopic (exact) mass is 259 g/mol. The summed E-state index contributed by atoms with van der Waals surface area (Å²) < 4.78 is 0. The van der Waals surface area contributed by atoms with Crippen LogP contribution < -0.4 is 0 Å². The molecule has 0 saturated heterocycles. The minimum Gasteiger partial charge on any atom is -0.342 e. The highest BCUT2D eigenvalue weighted by Gasteiger charge is 2.14. The summed E-state index contributed by atoms with van der Waals surface area (Å²) in [4.78, 5) is 13.6. The molecule has 1 amide bonds. The molecule has 0 fully saturated rings. The Morgan fingerprint density at radius 2 is 2.06 bits per heavy atom. The lowest BCUT2D eigenvalue weighted by molar-refractivity contribution is 0.0794. The van der Waals surface area contributed by atoms with Crippen LogP contribution >= 0.6 is 23.2 Å². The van der Waals surface area contributed by atoms with Gasteiger partial charge in [-0.3, -0.25) is 4.79 Å². The van der Waals surface area contributed by atoms with E-state index < -0.39 is 0 Å². The van der Waals surface area contributed by atoms with Crippen LogP contribution in [0.1, 0.15) is 23.7 Å². The molecule has 0 aliphatic heterocycles. The second-order valence-electron chi connectivity index (χ2n) is 3.78. The zero-order valence-electron chi connectivity index (χ0n) is 9.41. The number of nitrogens with zero attached hydrogens (tertiary/aromatic N) is 1. The first-order valence-corrected chi connectivity index (χ1v) is 5.98. The quantitative estimate of drug-likeness (QED) is 0.759. The molecule has 0 radical (unpaired) electrons. The molecule has 0 aliphatic rings. The molecule has 1 unspecified atom stereocenters. The normalized spacial score (nSPS) is 12.2. The van der Waals surface area contributed by atoms with E-state index in [1.807, 2.05) is 6.92 Å². The van der Waals surface area contributed by atoms with Crippen molar-refractivity contribution in [2.75, 3.05) is 13.6 Å². The molecule has 1 aromatic rings. The molecule has 0 bridgehead atoms. The highest BCUT2D eigenvalue weighted by molar-refractivity contribution is 6.33. The van der Waals surface area contributed by atoms with Gasteiger partial charge in [0, 0.05) is 19.0 Å². The molecule has 2 nitrogen and oxygen atoms in total. The Morgan fingerprint density at radius 1 is 1.44 bits per heavy atom. The largest absolute Gasteiger partial charge is 0.342 e. The molecule has 0 aromatic heterocycles. The molecule has 1 atom stereocenters. The van der Waals surface area contributed by atoms with Gasteiger partial charge in [0.05, 0.1) is 10.6 Å². The molecule has 1 rings (SSSR count). The number of benzene rings is 1. The SMILES string of the molecule is CC(Cl)CCN(C)C(=O)c1ccccc1Cl. The molecule has 1 aromatic carbocycles. The van der Waals surface area contributed by atoms with Gasteiger partial charge in [-0.15, -0.1) is 11.6 Å². The lowest BCUT2D eigenvalue weighted by Crippen LogP contribution is -2.29. The average Bonchev–Trinajstić information content (AvgIpc) is 2.25. The Kier molecular flexibility index (Phi) is 5.10.